The van der Waals surface area contributed by atoms with Gasteiger partial charge in [0.2, 0.25) is 5.91 Å². The second kappa shape index (κ2) is 5.93. The maximum Gasteiger partial charge on any atom is 0.249 e. The molecule has 114 valence electrons. The molecule has 1 fully saturated rings. The maximum absolute atomic E-state index is 12.7. The van der Waals surface area contributed by atoms with Crippen molar-refractivity contribution >= 4 is 39.2 Å². The fourth-order valence-electron chi connectivity index (χ4n) is 3.16. The molecule has 1 aromatic carbocycles. The van der Waals surface area contributed by atoms with E-state index in [-0.39, 0.29) is 11.3 Å². The second-order valence-electron chi connectivity index (χ2n) is 6.27. The quantitative estimate of drug-likeness (QED) is 0.554. The third-order valence-corrected chi connectivity index (χ3v) is 4.69. The van der Waals surface area contributed by atoms with Gasteiger partial charge in [-0.15, -0.1) is 0 Å². The highest BCUT2D eigenvalue weighted by Gasteiger charge is 2.55. The number of hydrazine groups is 1. The summed E-state index contributed by atoms with van der Waals surface area (Å²) in [6, 6.07) is 7.96. The van der Waals surface area contributed by atoms with Gasteiger partial charge in [0.05, 0.1) is 5.41 Å². The van der Waals surface area contributed by atoms with Crippen molar-refractivity contribution in [2.45, 2.75) is 32.1 Å². The number of carbonyl (C=O) groups is 1. The number of amides is 1. The number of hydrogen-bond acceptors (Lipinski definition) is 2. The van der Waals surface area contributed by atoms with E-state index in [1.807, 2.05) is 24.3 Å². The number of benzene rings is 1. The molecule has 0 heterocycles. The highest BCUT2D eigenvalue weighted by atomic mass is 79.9. The predicted octanol–water partition coefficient (Wildman–Crippen LogP) is 2.63. The highest BCUT2D eigenvalue weighted by Crippen LogP contribution is 2.55. The predicted molar refractivity (Wildman–Crippen MR) is 91.8 cm³/mol. The largest absolute Gasteiger partial charge is 0.364 e. The molecule has 4 nitrogen and oxygen atoms in total. The van der Waals surface area contributed by atoms with Gasteiger partial charge >= 0.3 is 0 Å². The number of thiocarbonyl (C=S) groups is 1. The molecule has 0 aliphatic heterocycles. The van der Waals surface area contributed by atoms with Crippen LogP contribution in [0.1, 0.15) is 32.3 Å². The van der Waals surface area contributed by atoms with Gasteiger partial charge < -0.3 is 5.32 Å². The summed E-state index contributed by atoms with van der Waals surface area (Å²) in [6.07, 6.45) is 1.63. The summed E-state index contributed by atoms with van der Waals surface area (Å²) in [6.45, 7) is 4.37. The minimum Gasteiger partial charge on any atom is -0.364 e. The zero-order valence-corrected chi connectivity index (χ0v) is 14.8. The minimum atomic E-state index is -0.496. The molecule has 0 saturated heterocycles. The molecule has 0 spiro atoms. The third-order valence-electron chi connectivity index (χ3n) is 3.89. The lowest BCUT2D eigenvalue weighted by Gasteiger charge is -2.52. The van der Waals surface area contributed by atoms with Crippen LogP contribution >= 0.6 is 28.1 Å². The fraction of sp³-hybridized carbons (Fsp3) is 0.467. The summed E-state index contributed by atoms with van der Waals surface area (Å²) in [7, 11) is 1.71. The van der Waals surface area contributed by atoms with Gasteiger partial charge in [-0.25, -0.2) is 0 Å². The van der Waals surface area contributed by atoms with Crippen molar-refractivity contribution in [3.8, 4) is 0 Å². The fourth-order valence-corrected chi connectivity index (χ4v) is 3.61. The lowest BCUT2D eigenvalue weighted by molar-refractivity contribution is -0.135. The number of rotatable bonds is 2. The van der Waals surface area contributed by atoms with Crippen molar-refractivity contribution < 1.29 is 4.79 Å². The Hall–Kier alpha value is -1.14. The van der Waals surface area contributed by atoms with Crippen molar-refractivity contribution in [2.24, 2.45) is 5.41 Å². The molecule has 1 amide bonds. The highest BCUT2D eigenvalue weighted by molar-refractivity contribution is 9.10. The Morgan fingerprint density at radius 2 is 1.95 bits per heavy atom. The average molecular weight is 370 g/mol. The Balaban J connectivity index is 2.23. The molecule has 2 rings (SSSR count). The summed E-state index contributed by atoms with van der Waals surface area (Å²) in [5, 5.41) is 3.17. The lowest BCUT2D eigenvalue weighted by Crippen LogP contribution is -2.60. The van der Waals surface area contributed by atoms with E-state index in [1.54, 1.807) is 7.05 Å². The Morgan fingerprint density at radius 1 is 1.29 bits per heavy atom. The molecule has 21 heavy (non-hydrogen) atoms. The van der Waals surface area contributed by atoms with Gasteiger partial charge in [-0.1, -0.05) is 41.9 Å². The van der Waals surface area contributed by atoms with Crippen LogP contribution in [0.25, 0.3) is 0 Å². The molecule has 1 aromatic rings. The molecule has 0 unspecified atom stereocenters. The van der Waals surface area contributed by atoms with Crippen LogP contribution in [-0.2, 0) is 10.2 Å². The van der Waals surface area contributed by atoms with Crippen LogP contribution < -0.4 is 16.2 Å². The summed E-state index contributed by atoms with van der Waals surface area (Å²) < 4.78 is 0.982. The zero-order valence-electron chi connectivity index (χ0n) is 12.4. The maximum atomic E-state index is 12.7. The van der Waals surface area contributed by atoms with Crippen LogP contribution in [0.2, 0.25) is 0 Å². The molecule has 1 aliphatic rings. The van der Waals surface area contributed by atoms with E-state index in [9.17, 15) is 4.79 Å². The van der Waals surface area contributed by atoms with Crippen molar-refractivity contribution in [1.82, 2.24) is 16.2 Å². The number of hydrogen-bond donors (Lipinski definition) is 3. The van der Waals surface area contributed by atoms with Gasteiger partial charge in [0, 0.05) is 11.5 Å². The van der Waals surface area contributed by atoms with Crippen molar-refractivity contribution in [2.75, 3.05) is 7.05 Å². The SMILES string of the molecule is CNC(=S)NNC(=O)C1(c2cccc(Br)c2)CC(C)(C)C1. The summed E-state index contributed by atoms with van der Waals surface area (Å²) in [5.41, 5.74) is 6.16. The van der Waals surface area contributed by atoms with Crippen LogP contribution in [-0.4, -0.2) is 18.1 Å². The lowest BCUT2D eigenvalue weighted by atomic mass is 9.51. The first-order chi connectivity index (χ1) is 9.79. The van der Waals surface area contributed by atoms with Crippen molar-refractivity contribution in [1.29, 1.82) is 0 Å². The second-order valence-corrected chi connectivity index (χ2v) is 7.59. The van der Waals surface area contributed by atoms with Gasteiger partial charge in [0.25, 0.3) is 0 Å². The van der Waals surface area contributed by atoms with E-state index in [4.69, 9.17) is 12.2 Å². The Bertz CT molecular complexity index is 566. The molecule has 0 radical (unpaired) electrons. The number of carbonyl (C=O) groups excluding carboxylic acids is 1. The van der Waals surface area contributed by atoms with Gasteiger partial charge in [-0.2, -0.15) is 0 Å². The Kier molecular flexibility index (Phi) is 4.58. The Morgan fingerprint density at radius 3 is 2.48 bits per heavy atom. The first kappa shape index (κ1) is 16.2. The van der Waals surface area contributed by atoms with Crippen molar-refractivity contribution in [3.63, 3.8) is 0 Å². The van der Waals surface area contributed by atoms with Crippen LogP contribution in [0.3, 0.4) is 0 Å². The monoisotopic (exact) mass is 369 g/mol. The van der Waals surface area contributed by atoms with Crippen molar-refractivity contribution in [3.05, 3.63) is 34.3 Å². The van der Waals surface area contributed by atoms with Crippen LogP contribution in [0.4, 0.5) is 0 Å². The summed E-state index contributed by atoms with van der Waals surface area (Å²) in [5.74, 6) is -0.0440. The van der Waals surface area contributed by atoms with Gasteiger partial charge in [0.1, 0.15) is 0 Å². The summed E-state index contributed by atoms with van der Waals surface area (Å²) in [4.78, 5) is 12.7. The molecule has 0 bridgehead atoms. The summed E-state index contributed by atoms with van der Waals surface area (Å²) >= 11 is 8.47. The standard InChI is InChI=1S/C15H20BrN3OS/c1-14(2)8-15(9-14,10-5-4-6-11(16)7-10)12(20)18-19-13(21)17-3/h4-7H,8-9H2,1-3H3,(H,18,20)(H2,17,19,21). The van der Waals surface area contributed by atoms with E-state index in [1.165, 1.54) is 0 Å². The molecular formula is C15H20BrN3OS. The van der Waals surface area contributed by atoms with E-state index in [2.05, 4.69) is 45.9 Å². The molecular weight excluding hydrogens is 350 g/mol. The van der Waals surface area contributed by atoms with Gasteiger partial charge in [0.15, 0.2) is 5.11 Å². The molecule has 0 aromatic heterocycles. The van der Waals surface area contributed by atoms with E-state index >= 15 is 0 Å². The molecule has 6 heteroatoms. The van der Waals surface area contributed by atoms with Gasteiger partial charge in [-0.05, 0) is 48.2 Å². The topological polar surface area (TPSA) is 53.2 Å². The zero-order chi connectivity index (χ0) is 15.7. The first-order valence-corrected chi connectivity index (χ1v) is 8.03. The first-order valence-electron chi connectivity index (χ1n) is 6.83. The molecule has 3 N–H and O–H groups in total. The van der Waals surface area contributed by atoms with E-state index < -0.39 is 5.41 Å². The van der Waals surface area contributed by atoms with Gasteiger partial charge in [-0.3, -0.25) is 15.6 Å². The molecule has 1 aliphatic carbocycles. The molecule has 0 atom stereocenters. The van der Waals surface area contributed by atoms with E-state index in [0.717, 1.165) is 22.9 Å². The Labute approximate surface area is 139 Å². The normalized spacial score (nSPS) is 18.3. The third kappa shape index (κ3) is 3.37. The van der Waals surface area contributed by atoms with Crippen LogP contribution in [0.15, 0.2) is 28.7 Å². The van der Waals surface area contributed by atoms with E-state index in [0.29, 0.717) is 5.11 Å². The average Bonchev–Trinajstić information content (AvgIpc) is 2.41. The molecule has 1 saturated carbocycles. The van der Waals surface area contributed by atoms with Crippen LogP contribution in [0, 0.1) is 5.41 Å². The number of halogens is 1. The van der Waals surface area contributed by atoms with Crippen LogP contribution in [0.5, 0.6) is 0 Å². The smallest absolute Gasteiger partial charge is 0.249 e. The number of nitrogens with one attached hydrogen (secondary N) is 3. The minimum absolute atomic E-state index is 0.0440.